The minimum atomic E-state index is -4.21. The average molecular weight is 245 g/mol. The van der Waals surface area contributed by atoms with Gasteiger partial charge in [-0.05, 0) is 6.07 Å². The van der Waals surface area contributed by atoms with Gasteiger partial charge in [-0.25, -0.2) is 8.42 Å². The Morgan fingerprint density at radius 1 is 1.38 bits per heavy atom. The summed E-state index contributed by atoms with van der Waals surface area (Å²) in [6, 6.07) is 7.05. The lowest BCUT2D eigenvalue weighted by molar-refractivity contribution is 0.334. The van der Waals surface area contributed by atoms with Crippen molar-refractivity contribution in [2.24, 2.45) is 0 Å². The molecule has 0 aliphatic rings. The fraction of sp³-hybridized carbons (Fsp3) is 0.200. The van der Waals surface area contributed by atoms with E-state index in [0.29, 0.717) is 5.75 Å². The van der Waals surface area contributed by atoms with E-state index in [0.717, 1.165) is 5.56 Å². The molecule has 5 nitrogen and oxygen atoms in total. The monoisotopic (exact) mass is 245 g/mol. The third kappa shape index (κ3) is 4.92. The molecule has 0 atom stereocenters. The molecule has 1 rings (SSSR count). The zero-order valence-electron chi connectivity index (χ0n) is 9.05. The second-order valence-corrected chi connectivity index (χ2v) is 4.38. The van der Waals surface area contributed by atoms with Crippen LogP contribution in [0.2, 0.25) is 0 Å². The molecule has 0 fully saturated rings. The maximum absolute atomic E-state index is 10.3. The van der Waals surface area contributed by atoms with E-state index in [1.54, 1.807) is 24.3 Å². The second kappa shape index (κ2) is 6.26. The second-order valence-electron chi connectivity index (χ2n) is 2.85. The van der Waals surface area contributed by atoms with Gasteiger partial charge in [0.05, 0.1) is 15.9 Å². The van der Waals surface area contributed by atoms with Crippen LogP contribution in [0.25, 0.3) is 6.08 Å². The summed E-state index contributed by atoms with van der Waals surface area (Å²) >= 11 is 0. The van der Waals surface area contributed by atoms with Crippen LogP contribution < -0.4 is 10.9 Å². The van der Waals surface area contributed by atoms with E-state index in [-0.39, 0.29) is 12.8 Å². The minimum Gasteiger partial charge on any atom is -0.748 e. The summed E-state index contributed by atoms with van der Waals surface area (Å²) in [7, 11) is -4.21. The Kier molecular flexibility index (Phi) is 5.73. The van der Waals surface area contributed by atoms with Crippen LogP contribution in [0.4, 0.5) is 0 Å². The van der Waals surface area contributed by atoms with Gasteiger partial charge in [0.15, 0.2) is 0 Å². The number of para-hydroxylation sites is 1. The van der Waals surface area contributed by atoms with Crippen molar-refractivity contribution < 1.29 is 17.7 Å². The van der Waals surface area contributed by atoms with Crippen LogP contribution in [0, 0.1) is 0 Å². The van der Waals surface area contributed by atoms with Crippen LogP contribution in [0.5, 0.6) is 5.75 Å². The van der Waals surface area contributed by atoms with Crippen molar-refractivity contribution in [2.45, 2.75) is 0 Å². The molecule has 0 heterocycles. The topological polar surface area (TPSA) is 103 Å². The van der Waals surface area contributed by atoms with E-state index in [2.05, 4.69) is 6.58 Å². The third-order valence-electron chi connectivity index (χ3n) is 1.73. The summed E-state index contributed by atoms with van der Waals surface area (Å²) in [5.74, 6) is -0.00508. The van der Waals surface area contributed by atoms with Crippen LogP contribution in [-0.4, -0.2) is 25.3 Å². The van der Waals surface area contributed by atoms with E-state index in [4.69, 9.17) is 4.74 Å². The smallest absolute Gasteiger partial charge is 0.126 e. The zero-order chi connectivity index (χ0) is 11.3. The summed E-state index contributed by atoms with van der Waals surface area (Å²) in [4.78, 5) is 0. The van der Waals surface area contributed by atoms with Crippen LogP contribution in [-0.2, 0) is 10.1 Å². The van der Waals surface area contributed by atoms with Gasteiger partial charge in [0.1, 0.15) is 12.4 Å². The maximum atomic E-state index is 10.3. The van der Waals surface area contributed by atoms with Gasteiger partial charge in [-0.1, -0.05) is 30.9 Å². The first-order valence-corrected chi connectivity index (χ1v) is 5.88. The largest absolute Gasteiger partial charge is 0.748 e. The number of hydrogen-bond acceptors (Lipinski definition) is 4. The molecule has 0 amide bonds. The van der Waals surface area contributed by atoms with Crippen molar-refractivity contribution in [1.82, 2.24) is 6.15 Å². The summed E-state index contributed by atoms with van der Waals surface area (Å²) in [6.45, 7) is 3.45. The molecule has 6 heteroatoms. The highest BCUT2D eigenvalue weighted by atomic mass is 32.2. The Bertz CT molecular complexity index is 442. The van der Waals surface area contributed by atoms with E-state index in [1.165, 1.54) is 0 Å². The quantitative estimate of drug-likeness (QED) is 0.796. The Morgan fingerprint density at radius 2 is 2.00 bits per heavy atom. The van der Waals surface area contributed by atoms with Crippen molar-refractivity contribution in [2.75, 3.05) is 12.4 Å². The van der Waals surface area contributed by atoms with E-state index in [9.17, 15) is 13.0 Å². The number of benzene rings is 1. The van der Waals surface area contributed by atoms with E-state index in [1.807, 2.05) is 6.07 Å². The highest BCUT2D eigenvalue weighted by Gasteiger charge is 2.00. The molecule has 0 aromatic heterocycles. The molecule has 16 heavy (non-hydrogen) atoms. The Labute approximate surface area is 95.1 Å². The minimum absolute atomic E-state index is 0. The Morgan fingerprint density at radius 3 is 2.56 bits per heavy atom. The van der Waals surface area contributed by atoms with Gasteiger partial charge in [-0.15, -0.1) is 0 Å². The number of rotatable bonds is 5. The van der Waals surface area contributed by atoms with Crippen LogP contribution in [0.15, 0.2) is 30.8 Å². The predicted octanol–water partition coefficient (Wildman–Crippen LogP) is 1.63. The lowest BCUT2D eigenvalue weighted by Gasteiger charge is -2.10. The Hall–Kier alpha value is -1.37. The highest BCUT2D eigenvalue weighted by molar-refractivity contribution is 7.85. The first kappa shape index (κ1) is 14.6. The molecule has 0 aliphatic carbocycles. The van der Waals surface area contributed by atoms with Crippen LogP contribution in [0.3, 0.4) is 0 Å². The van der Waals surface area contributed by atoms with Crippen molar-refractivity contribution in [3.05, 3.63) is 36.4 Å². The van der Waals surface area contributed by atoms with Gasteiger partial charge in [0.2, 0.25) is 0 Å². The molecule has 0 aliphatic heterocycles. The molecule has 90 valence electrons. The lowest BCUT2D eigenvalue weighted by atomic mass is 10.2. The van der Waals surface area contributed by atoms with E-state index >= 15 is 0 Å². The lowest BCUT2D eigenvalue weighted by Crippen LogP contribution is -2.13. The van der Waals surface area contributed by atoms with Crippen molar-refractivity contribution in [1.29, 1.82) is 0 Å². The summed E-state index contributed by atoms with van der Waals surface area (Å²) in [5.41, 5.74) is 0.765. The third-order valence-corrected chi connectivity index (χ3v) is 2.40. The molecule has 1 aromatic rings. The van der Waals surface area contributed by atoms with Crippen molar-refractivity contribution in [3.8, 4) is 5.75 Å². The molecule has 4 N–H and O–H groups in total. The molecular formula is C10H15NO4S. The predicted molar refractivity (Wildman–Crippen MR) is 62.6 cm³/mol. The van der Waals surface area contributed by atoms with Gasteiger partial charge in [0, 0.05) is 5.56 Å². The molecule has 0 saturated heterocycles. The van der Waals surface area contributed by atoms with Gasteiger partial charge >= 0.3 is 0 Å². The first-order chi connectivity index (χ1) is 7.03. The SMILES string of the molecule is C=Cc1ccccc1OCCS(=O)(=O)[O-].[NH4+]. The normalized spacial score (nSPS) is 10.3. The number of hydrogen-bond donors (Lipinski definition) is 1. The van der Waals surface area contributed by atoms with Gasteiger partial charge in [0.25, 0.3) is 0 Å². The summed E-state index contributed by atoms with van der Waals surface area (Å²) in [6.07, 6.45) is 1.60. The number of ether oxygens (including phenoxy) is 1. The molecule has 0 spiro atoms. The average Bonchev–Trinajstić information content (AvgIpc) is 2.16. The molecule has 1 aromatic carbocycles. The van der Waals surface area contributed by atoms with Crippen molar-refractivity contribution in [3.63, 3.8) is 0 Å². The van der Waals surface area contributed by atoms with Gasteiger partial charge in [-0.2, -0.15) is 0 Å². The summed E-state index contributed by atoms with van der Waals surface area (Å²) < 4.78 is 36.1. The fourth-order valence-electron chi connectivity index (χ4n) is 1.03. The first-order valence-electron chi connectivity index (χ1n) is 4.31. The van der Waals surface area contributed by atoms with Gasteiger partial charge in [-0.3, -0.25) is 0 Å². The molecular weight excluding hydrogens is 230 g/mol. The van der Waals surface area contributed by atoms with Crippen LogP contribution in [0.1, 0.15) is 5.56 Å². The zero-order valence-corrected chi connectivity index (χ0v) is 9.87. The fourth-order valence-corrected chi connectivity index (χ4v) is 1.32. The van der Waals surface area contributed by atoms with E-state index < -0.39 is 15.9 Å². The maximum Gasteiger partial charge on any atom is 0.126 e. The van der Waals surface area contributed by atoms with Crippen molar-refractivity contribution >= 4 is 16.2 Å². The summed E-state index contributed by atoms with van der Waals surface area (Å²) in [5, 5.41) is 0. The van der Waals surface area contributed by atoms with Gasteiger partial charge < -0.3 is 15.4 Å². The highest BCUT2D eigenvalue weighted by Crippen LogP contribution is 2.18. The van der Waals surface area contributed by atoms with Crippen LogP contribution >= 0.6 is 0 Å². The number of quaternary nitrogens is 1. The molecule has 0 saturated carbocycles. The molecule has 0 unspecified atom stereocenters. The standard InChI is InChI=1S/C10H12O4S.H3N/c1-2-9-5-3-4-6-10(9)14-7-8-15(11,12)13;/h2-6H,1,7-8H2,(H,11,12,13);1H3. The molecule has 0 bridgehead atoms. The Balaban J connectivity index is 0.00000225. The molecule has 0 radical (unpaired) electrons.